The monoisotopic (exact) mass is 362 g/mol. The molecule has 3 aromatic rings. The molecule has 0 aliphatic rings. The third-order valence-corrected chi connectivity index (χ3v) is 5.46. The molecule has 1 aromatic carbocycles. The molecule has 9 heteroatoms. The van der Waals surface area contributed by atoms with E-state index < -0.39 is 0 Å². The van der Waals surface area contributed by atoms with Crippen molar-refractivity contribution in [1.29, 1.82) is 0 Å². The van der Waals surface area contributed by atoms with Crippen LogP contribution in [0.25, 0.3) is 4.96 Å². The maximum Gasteiger partial charge on any atom is 0.235 e. The summed E-state index contributed by atoms with van der Waals surface area (Å²) < 4.78 is 2.46. The van der Waals surface area contributed by atoms with Gasteiger partial charge in [0.25, 0.3) is 0 Å². The minimum absolute atomic E-state index is 0.0481. The van der Waals surface area contributed by atoms with E-state index in [1.165, 1.54) is 23.1 Å². The van der Waals surface area contributed by atoms with Crippen LogP contribution < -0.4 is 5.73 Å². The Hall–Kier alpha value is -1.97. The second-order valence-electron chi connectivity index (χ2n) is 5.49. The SMILES string of the molecule is CN(C)C(=O)CSc1nn2c(C(N)Cc3ccccc3)nnc2s1. The summed E-state index contributed by atoms with van der Waals surface area (Å²) in [6.45, 7) is 0. The molecular formula is C15H18N6OS2. The highest BCUT2D eigenvalue weighted by atomic mass is 32.2. The summed E-state index contributed by atoms with van der Waals surface area (Å²) >= 11 is 2.81. The normalized spacial score (nSPS) is 12.5. The molecule has 1 atom stereocenters. The van der Waals surface area contributed by atoms with E-state index in [9.17, 15) is 4.79 Å². The van der Waals surface area contributed by atoms with Crippen molar-refractivity contribution in [3.05, 3.63) is 41.7 Å². The Labute approximate surface area is 147 Å². The van der Waals surface area contributed by atoms with E-state index in [0.717, 1.165) is 9.90 Å². The van der Waals surface area contributed by atoms with Gasteiger partial charge in [0.05, 0.1) is 11.8 Å². The zero-order valence-corrected chi connectivity index (χ0v) is 15.0. The molecule has 3 rings (SSSR count). The molecule has 24 heavy (non-hydrogen) atoms. The molecule has 1 amide bonds. The van der Waals surface area contributed by atoms with Gasteiger partial charge in [-0.15, -0.1) is 15.3 Å². The fourth-order valence-electron chi connectivity index (χ4n) is 2.12. The number of aromatic nitrogens is 4. The van der Waals surface area contributed by atoms with Gasteiger partial charge in [0.15, 0.2) is 10.2 Å². The summed E-state index contributed by atoms with van der Waals surface area (Å²) in [4.78, 5) is 13.9. The second-order valence-corrected chi connectivity index (χ2v) is 7.67. The zero-order valence-electron chi connectivity index (χ0n) is 13.4. The Bertz CT molecular complexity index is 829. The number of carbonyl (C=O) groups is 1. The van der Waals surface area contributed by atoms with Gasteiger partial charge in [-0.25, -0.2) is 0 Å². The van der Waals surface area contributed by atoms with Gasteiger partial charge in [0, 0.05) is 14.1 Å². The van der Waals surface area contributed by atoms with Crippen LogP contribution in [-0.4, -0.2) is 50.5 Å². The fraction of sp³-hybridized carbons (Fsp3) is 0.333. The second kappa shape index (κ2) is 7.29. The lowest BCUT2D eigenvalue weighted by Gasteiger charge is -2.08. The van der Waals surface area contributed by atoms with Crippen LogP contribution in [0.5, 0.6) is 0 Å². The van der Waals surface area contributed by atoms with Crippen molar-refractivity contribution >= 4 is 34.0 Å². The number of hydrogen-bond donors (Lipinski definition) is 1. The van der Waals surface area contributed by atoms with Crippen molar-refractivity contribution in [2.45, 2.75) is 16.8 Å². The van der Waals surface area contributed by atoms with E-state index in [2.05, 4.69) is 15.3 Å². The van der Waals surface area contributed by atoms with Crippen molar-refractivity contribution < 1.29 is 4.79 Å². The largest absolute Gasteiger partial charge is 0.348 e. The summed E-state index contributed by atoms with van der Waals surface area (Å²) in [6, 6.07) is 9.73. The number of thioether (sulfide) groups is 1. The first kappa shape index (κ1) is 16.9. The average Bonchev–Trinajstić information content (AvgIpc) is 3.13. The highest BCUT2D eigenvalue weighted by Gasteiger charge is 2.18. The van der Waals surface area contributed by atoms with E-state index in [-0.39, 0.29) is 11.9 Å². The van der Waals surface area contributed by atoms with E-state index in [1.54, 1.807) is 23.5 Å². The summed E-state index contributed by atoms with van der Waals surface area (Å²) in [5.74, 6) is 1.03. The first-order chi connectivity index (χ1) is 11.5. The van der Waals surface area contributed by atoms with Crippen LogP contribution in [0.4, 0.5) is 0 Å². The predicted molar refractivity (Wildman–Crippen MR) is 95.2 cm³/mol. The van der Waals surface area contributed by atoms with Crippen LogP contribution in [0, 0.1) is 0 Å². The third-order valence-electron chi connectivity index (χ3n) is 3.44. The molecule has 1 unspecified atom stereocenters. The van der Waals surface area contributed by atoms with E-state index in [1.807, 2.05) is 30.3 Å². The molecule has 0 radical (unpaired) electrons. The molecule has 0 aliphatic heterocycles. The van der Waals surface area contributed by atoms with Gasteiger partial charge in [0.1, 0.15) is 0 Å². The average molecular weight is 362 g/mol. The maximum atomic E-state index is 11.7. The zero-order chi connectivity index (χ0) is 17.1. The fourth-order valence-corrected chi connectivity index (χ4v) is 3.98. The lowest BCUT2D eigenvalue weighted by molar-refractivity contribution is -0.125. The first-order valence-electron chi connectivity index (χ1n) is 7.39. The first-order valence-corrected chi connectivity index (χ1v) is 9.19. The molecule has 0 spiro atoms. The standard InChI is InChI=1S/C15H18N6OS2/c1-20(2)12(22)9-23-15-19-21-13(17-18-14(21)24-15)11(16)8-10-6-4-3-5-7-10/h3-7,11H,8-9,16H2,1-2H3. The number of carbonyl (C=O) groups excluding carboxylic acids is 1. The van der Waals surface area contributed by atoms with Gasteiger partial charge in [-0.3, -0.25) is 4.79 Å². The van der Waals surface area contributed by atoms with Crippen LogP contribution in [0.3, 0.4) is 0 Å². The van der Waals surface area contributed by atoms with Crippen LogP contribution >= 0.6 is 23.1 Å². The Morgan fingerprint density at radius 2 is 2.08 bits per heavy atom. The molecule has 7 nitrogen and oxygen atoms in total. The molecule has 2 aromatic heterocycles. The van der Waals surface area contributed by atoms with Gasteiger partial charge < -0.3 is 10.6 Å². The topological polar surface area (TPSA) is 89.4 Å². The van der Waals surface area contributed by atoms with Crippen molar-refractivity contribution in [1.82, 2.24) is 24.7 Å². The molecular weight excluding hydrogens is 344 g/mol. The van der Waals surface area contributed by atoms with Crippen LogP contribution in [0.1, 0.15) is 17.4 Å². The molecule has 2 N–H and O–H groups in total. The lowest BCUT2D eigenvalue weighted by atomic mass is 10.1. The van der Waals surface area contributed by atoms with Gasteiger partial charge in [-0.05, 0) is 12.0 Å². The maximum absolute atomic E-state index is 11.7. The highest BCUT2D eigenvalue weighted by Crippen LogP contribution is 2.26. The quantitative estimate of drug-likeness (QED) is 0.670. The van der Waals surface area contributed by atoms with Gasteiger partial charge in [-0.2, -0.15) is 4.52 Å². The minimum Gasteiger partial charge on any atom is -0.348 e. The lowest BCUT2D eigenvalue weighted by Crippen LogP contribution is -2.23. The van der Waals surface area contributed by atoms with Gasteiger partial charge >= 0.3 is 0 Å². The summed E-state index contributed by atoms with van der Waals surface area (Å²) in [7, 11) is 3.48. The Balaban J connectivity index is 1.74. The predicted octanol–water partition coefficient (Wildman–Crippen LogP) is 1.61. The van der Waals surface area contributed by atoms with Gasteiger partial charge in [0.2, 0.25) is 10.9 Å². The highest BCUT2D eigenvalue weighted by molar-refractivity contribution is 8.01. The smallest absolute Gasteiger partial charge is 0.235 e. The number of nitrogens with zero attached hydrogens (tertiary/aromatic N) is 5. The molecule has 0 saturated heterocycles. The number of amides is 1. The Morgan fingerprint density at radius 1 is 1.33 bits per heavy atom. The van der Waals surface area contributed by atoms with Crippen molar-refractivity contribution in [3.63, 3.8) is 0 Å². The molecule has 0 saturated carbocycles. The summed E-state index contributed by atoms with van der Waals surface area (Å²) in [5.41, 5.74) is 7.42. The van der Waals surface area contributed by atoms with Crippen molar-refractivity contribution in [2.75, 3.05) is 19.8 Å². The molecule has 0 fully saturated rings. The minimum atomic E-state index is -0.286. The number of rotatable bonds is 6. The van der Waals surface area contributed by atoms with E-state index in [0.29, 0.717) is 23.0 Å². The van der Waals surface area contributed by atoms with Gasteiger partial charge in [-0.1, -0.05) is 53.4 Å². The van der Waals surface area contributed by atoms with Crippen LogP contribution in [-0.2, 0) is 11.2 Å². The van der Waals surface area contributed by atoms with Crippen molar-refractivity contribution in [2.24, 2.45) is 5.73 Å². The molecule has 0 aliphatic carbocycles. The summed E-state index contributed by atoms with van der Waals surface area (Å²) in [6.07, 6.45) is 0.667. The Morgan fingerprint density at radius 3 is 2.79 bits per heavy atom. The number of fused-ring (bicyclic) bond motifs is 1. The van der Waals surface area contributed by atoms with E-state index >= 15 is 0 Å². The van der Waals surface area contributed by atoms with Crippen molar-refractivity contribution in [3.8, 4) is 0 Å². The number of nitrogens with two attached hydrogens (primary N) is 1. The van der Waals surface area contributed by atoms with E-state index in [4.69, 9.17) is 5.73 Å². The summed E-state index contributed by atoms with van der Waals surface area (Å²) in [5, 5.41) is 12.8. The van der Waals surface area contributed by atoms with Crippen LogP contribution in [0.15, 0.2) is 34.7 Å². The molecule has 126 valence electrons. The molecule has 2 heterocycles. The Kier molecular flexibility index (Phi) is 5.12. The molecule has 0 bridgehead atoms. The number of benzene rings is 1. The van der Waals surface area contributed by atoms with Crippen LogP contribution in [0.2, 0.25) is 0 Å². The third kappa shape index (κ3) is 3.74. The number of hydrogen-bond acceptors (Lipinski definition) is 7.